The Labute approximate surface area is 142 Å². The van der Waals surface area contributed by atoms with Crippen molar-refractivity contribution in [2.24, 2.45) is 0 Å². The van der Waals surface area contributed by atoms with Gasteiger partial charge in [0.1, 0.15) is 17.5 Å². The van der Waals surface area contributed by atoms with E-state index in [1.807, 2.05) is 12.3 Å². The van der Waals surface area contributed by atoms with Gasteiger partial charge in [-0.1, -0.05) is 0 Å². The van der Waals surface area contributed by atoms with Crippen LogP contribution in [0.5, 0.6) is 0 Å². The van der Waals surface area contributed by atoms with Gasteiger partial charge >= 0.3 is 0 Å². The van der Waals surface area contributed by atoms with Crippen LogP contribution in [0.1, 0.15) is 31.0 Å². The lowest BCUT2D eigenvalue weighted by Crippen LogP contribution is -2.17. The number of fused-ring (bicyclic) bond motifs is 3. The number of hydrogen-bond acceptors (Lipinski definition) is 7. The monoisotopic (exact) mass is 335 g/mol. The lowest BCUT2D eigenvalue weighted by Gasteiger charge is -2.13. The van der Waals surface area contributed by atoms with E-state index >= 15 is 0 Å². The van der Waals surface area contributed by atoms with Crippen LogP contribution >= 0.6 is 0 Å². The highest BCUT2D eigenvalue weighted by Crippen LogP contribution is 2.35. The van der Waals surface area contributed by atoms with E-state index in [1.54, 1.807) is 18.6 Å². The molecule has 9 nitrogen and oxygen atoms in total. The minimum atomic E-state index is 0.332. The van der Waals surface area contributed by atoms with E-state index in [2.05, 4.69) is 39.9 Å². The molecular weight excluding hydrogens is 318 g/mol. The van der Waals surface area contributed by atoms with Crippen LogP contribution in [0.25, 0.3) is 16.8 Å². The zero-order valence-electron chi connectivity index (χ0n) is 13.4. The topological polar surface area (TPSA) is 123 Å². The van der Waals surface area contributed by atoms with Gasteiger partial charge in [0.15, 0.2) is 11.3 Å². The quantitative estimate of drug-likeness (QED) is 0.521. The molecule has 0 aromatic carbocycles. The zero-order chi connectivity index (χ0) is 16.8. The second-order valence-electron chi connectivity index (χ2n) is 6.40. The standard InChI is InChI=1S/C16H17N9/c17-12-6-20-13(7-19-12)22-10-2-1-9(5-10)16-24-23-14-8-21-15-11(25(14)16)3-4-18-15/h3-4,6-10,18H,1-2,5H2,(H2,17,19)(H,20,22)/t9-,10-/m1/s1. The fraction of sp³-hybridized carbons (Fsp3) is 0.312. The van der Waals surface area contributed by atoms with E-state index < -0.39 is 0 Å². The first-order valence-electron chi connectivity index (χ1n) is 8.29. The summed E-state index contributed by atoms with van der Waals surface area (Å²) in [7, 11) is 0. The summed E-state index contributed by atoms with van der Waals surface area (Å²) in [5.74, 6) is 2.52. The first-order chi connectivity index (χ1) is 12.3. The minimum Gasteiger partial charge on any atom is -0.382 e. The Morgan fingerprint density at radius 3 is 2.96 bits per heavy atom. The molecule has 0 spiro atoms. The Morgan fingerprint density at radius 2 is 2.08 bits per heavy atom. The highest BCUT2D eigenvalue weighted by molar-refractivity contribution is 5.74. The van der Waals surface area contributed by atoms with Crippen LogP contribution in [-0.4, -0.2) is 40.6 Å². The number of nitrogens with zero attached hydrogens (tertiary/aromatic N) is 6. The van der Waals surface area contributed by atoms with Crippen molar-refractivity contribution >= 4 is 28.4 Å². The lowest BCUT2D eigenvalue weighted by atomic mass is 10.1. The van der Waals surface area contributed by atoms with Crippen molar-refractivity contribution in [3.8, 4) is 0 Å². The average molecular weight is 335 g/mol. The molecule has 0 unspecified atom stereocenters. The predicted octanol–water partition coefficient (Wildman–Crippen LogP) is 1.73. The van der Waals surface area contributed by atoms with Crippen molar-refractivity contribution < 1.29 is 0 Å². The fourth-order valence-electron chi connectivity index (χ4n) is 3.63. The molecule has 126 valence electrons. The molecule has 1 saturated carbocycles. The van der Waals surface area contributed by atoms with Crippen LogP contribution in [0.4, 0.5) is 11.6 Å². The van der Waals surface area contributed by atoms with E-state index in [9.17, 15) is 0 Å². The molecule has 25 heavy (non-hydrogen) atoms. The second-order valence-corrected chi connectivity index (χ2v) is 6.40. The molecule has 0 bridgehead atoms. The molecule has 9 heteroatoms. The van der Waals surface area contributed by atoms with Gasteiger partial charge in [0.25, 0.3) is 0 Å². The molecular formula is C16H17N9. The maximum atomic E-state index is 5.58. The minimum absolute atomic E-state index is 0.332. The number of hydrogen-bond donors (Lipinski definition) is 3. The summed E-state index contributed by atoms with van der Waals surface area (Å²) in [6.45, 7) is 0. The van der Waals surface area contributed by atoms with Gasteiger partial charge in [0, 0.05) is 18.2 Å². The first-order valence-corrected chi connectivity index (χ1v) is 8.29. The number of nitrogens with two attached hydrogens (primary N) is 1. The molecule has 5 rings (SSSR count). The van der Waals surface area contributed by atoms with Crippen LogP contribution in [0.2, 0.25) is 0 Å². The molecule has 4 aromatic heterocycles. The third-order valence-corrected chi connectivity index (χ3v) is 4.79. The van der Waals surface area contributed by atoms with Crippen LogP contribution in [0.3, 0.4) is 0 Å². The maximum absolute atomic E-state index is 5.58. The van der Waals surface area contributed by atoms with Crippen molar-refractivity contribution in [3.63, 3.8) is 0 Å². The van der Waals surface area contributed by atoms with Gasteiger partial charge in [-0.15, -0.1) is 10.2 Å². The van der Waals surface area contributed by atoms with Crippen LogP contribution in [-0.2, 0) is 0 Å². The van der Waals surface area contributed by atoms with Crippen molar-refractivity contribution in [3.05, 3.63) is 36.7 Å². The summed E-state index contributed by atoms with van der Waals surface area (Å²) in [6, 6.07) is 2.34. The Hall–Kier alpha value is -3.23. The molecule has 0 amide bonds. The molecule has 0 saturated heterocycles. The third-order valence-electron chi connectivity index (χ3n) is 4.79. The van der Waals surface area contributed by atoms with E-state index in [-0.39, 0.29) is 0 Å². The number of anilines is 2. The summed E-state index contributed by atoms with van der Waals surface area (Å²) >= 11 is 0. The molecule has 0 aliphatic heterocycles. The molecule has 1 aliphatic carbocycles. The summed E-state index contributed by atoms with van der Waals surface area (Å²) in [5.41, 5.74) is 8.22. The number of H-pyrrole nitrogens is 1. The Kier molecular flexibility index (Phi) is 3.06. The largest absolute Gasteiger partial charge is 0.382 e. The number of nitrogens with one attached hydrogen (secondary N) is 2. The number of rotatable bonds is 3. The van der Waals surface area contributed by atoms with E-state index in [0.29, 0.717) is 17.8 Å². The molecule has 2 atom stereocenters. The molecule has 0 radical (unpaired) electrons. The van der Waals surface area contributed by atoms with Gasteiger partial charge in [-0.25, -0.2) is 15.0 Å². The van der Waals surface area contributed by atoms with Crippen LogP contribution in [0.15, 0.2) is 30.9 Å². The third kappa shape index (κ3) is 2.35. The molecule has 4 heterocycles. The van der Waals surface area contributed by atoms with Gasteiger partial charge in [-0.05, 0) is 25.3 Å². The smallest absolute Gasteiger partial charge is 0.179 e. The second kappa shape index (κ2) is 5.40. The molecule has 4 N–H and O–H groups in total. The van der Waals surface area contributed by atoms with Gasteiger partial charge in [-0.2, -0.15) is 0 Å². The fourth-order valence-corrected chi connectivity index (χ4v) is 3.63. The lowest BCUT2D eigenvalue weighted by molar-refractivity contribution is 0.651. The van der Waals surface area contributed by atoms with Crippen molar-refractivity contribution in [1.29, 1.82) is 0 Å². The summed E-state index contributed by atoms with van der Waals surface area (Å²) in [4.78, 5) is 15.9. The highest BCUT2D eigenvalue weighted by atomic mass is 15.3. The van der Waals surface area contributed by atoms with Crippen molar-refractivity contribution in [1.82, 2.24) is 34.5 Å². The van der Waals surface area contributed by atoms with Crippen molar-refractivity contribution in [2.45, 2.75) is 31.2 Å². The Morgan fingerprint density at radius 1 is 1.12 bits per heavy atom. The summed E-state index contributed by atoms with van der Waals surface area (Å²) < 4.78 is 2.11. The van der Waals surface area contributed by atoms with E-state index in [0.717, 1.165) is 47.7 Å². The number of nitrogen functional groups attached to an aromatic ring is 1. The predicted molar refractivity (Wildman–Crippen MR) is 93.1 cm³/mol. The average Bonchev–Trinajstić information content (AvgIpc) is 3.34. The summed E-state index contributed by atoms with van der Waals surface area (Å²) in [6.07, 6.45) is 9.95. The van der Waals surface area contributed by atoms with Gasteiger partial charge in [0.2, 0.25) is 0 Å². The Bertz CT molecular complexity index is 1030. The molecule has 1 fully saturated rings. The van der Waals surface area contributed by atoms with Crippen LogP contribution in [0, 0.1) is 0 Å². The first kappa shape index (κ1) is 14.1. The van der Waals surface area contributed by atoms with E-state index in [4.69, 9.17) is 5.73 Å². The molecule has 4 aromatic rings. The van der Waals surface area contributed by atoms with Crippen molar-refractivity contribution in [2.75, 3.05) is 11.1 Å². The number of aromatic nitrogens is 7. The normalized spacial score (nSPS) is 20.5. The Balaban J connectivity index is 1.42. The van der Waals surface area contributed by atoms with Gasteiger partial charge in [0.05, 0.1) is 24.1 Å². The van der Waals surface area contributed by atoms with Crippen LogP contribution < -0.4 is 11.1 Å². The highest BCUT2D eigenvalue weighted by Gasteiger charge is 2.30. The zero-order valence-corrected chi connectivity index (χ0v) is 13.4. The molecule has 1 aliphatic rings. The number of aromatic amines is 1. The summed E-state index contributed by atoms with van der Waals surface area (Å²) in [5, 5.41) is 12.2. The maximum Gasteiger partial charge on any atom is 0.179 e. The van der Waals surface area contributed by atoms with Gasteiger partial charge in [-0.3, -0.25) is 4.40 Å². The van der Waals surface area contributed by atoms with E-state index in [1.165, 1.54) is 0 Å². The SMILES string of the molecule is Nc1cnc(N[C@@H]2CC[C@@H](c3nnc4cnc5[nH]ccc5n34)C2)cn1. The van der Waals surface area contributed by atoms with Gasteiger partial charge < -0.3 is 16.0 Å².